The van der Waals surface area contributed by atoms with Crippen LogP contribution in [0.3, 0.4) is 0 Å². The number of alkyl halides is 3. The van der Waals surface area contributed by atoms with Crippen LogP contribution in [-0.4, -0.2) is 28.1 Å². The molecular weight excluding hydrogens is 401 g/mol. The van der Waals surface area contributed by atoms with Gasteiger partial charge in [0.25, 0.3) is 0 Å². The van der Waals surface area contributed by atoms with Gasteiger partial charge in [-0.2, -0.15) is 13.2 Å². The first-order valence-electron chi connectivity index (χ1n) is 12.4. The zero-order valence-electron chi connectivity index (χ0n) is 19.6. The Kier molecular flexibility index (Phi) is 5.90. The summed E-state index contributed by atoms with van der Waals surface area (Å²) in [6.07, 6.45) is 4.48. The van der Waals surface area contributed by atoms with Gasteiger partial charge in [-0.1, -0.05) is 32.4 Å². The summed E-state index contributed by atoms with van der Waals surface area (Å²) in [6.45, 7) is 8.92. The SMILES string of the molecule is C[C@H](CC[C@@H](O)C(F)(F)F)[C@H]1CC[C@H]2[C@@H]3CC=C4C[C@@](C)(O)CC[C@]4(C)C3CC[C@]12C. The average Bonchev–Trinajstić information content (AvgIpc) is 3.02. The third kappa shape index (κ3) is 4.00. The van der Waals surface area contributed by atoms with Gasteiger partial charge in [-0.15, -0.1) is 0 Å². The Hall–Kier alpha value is -0.550. The first-order valence-corrected chi connectivity index (χ1v) is 12.4. The molecule has 31 heavy (non-hydrogen) atoms. The number of allylic oxidation sites excluding steroid dienone is 1. The summed E-state index contributed by atoms with van der Waals surface area (Å²) in [4.78, 5) is 0. The molecule has 4 aliphatic carbocycles. The fourth-order valence-corrected chi connectivity index (χ4v) is 8.57. The lowest BCUT2D eigenvalue weighted by Gasteiger charge is -2.59. The van der Waals surface area contributed by atoms with Crippen LogP contribution in [0.1, 0.15) is 91.9 Å². The maximum atomic E-state index is 12.8. The molecule has 2 nitrogen and oxygen atoms in total. The van der Waals surface area contributed by atoms with Crippen molar-refractivity contribution < 1.29 is 23.4 Å². The molecule has 0 saturated heterocycles. The minimum Gasteiger partial charge on any atom is -0.390 e. The predicted molar refractivity (Wildman–Crippen MR) is 116 cm³/mol. The van der Waals surface area contributed by atoms with Crippen LogP contribution in [0, 0.1) is 40.4 Å². The number of aliphatic hydroxyl groups excluding tert-OH is 1. The lowest BCUT2D eigenvalue weighted by Crippen LogP contribution is -2.52. The van der Waals surface area contributed by atoms with Crippen LogP contribution in [0.4, 0.5) is 13.2 Å². The fraction of sp³-hybridized carbons (Fsp3) is 0.923. The van der Waals surface area contributed by atoms with Crippen LogP contribution >= 0.6 is 0 Å². The van der Waals surface area contributed by atoms with Gasteiger partial charge >= 0.3 is 6.18 Å². The molecule has 0 bridgehead atoms. The second-order valence-corrected chi connectivity index (χ2v) is 12.3. The molecule has 4 aliphatic rings. The van der Waals surface area contributed by atoms with E-state index in [1.165, 1.54) is 18.4 Å². The summed E-state index contributed by atoms with van der Waals surface area (Å²) in [6, 6.07) is 0. The molecule has 178 valence electrons. The highest BCUT2D eigenvalue weighted by atomic mass is 19.4. The van der Waals surface area contributed by atoms with Gasteiger partial charge < -0.3 is 10.2 Å². The highest BCUT2D eigenvalue weighted by molar-refractivity contribution is 5.26. The molecule has 0 aromatic carbocycles. The number of aliphatic hydroxyl groups is 2. The summed E-state index contributed by atoms with van der Waals surface area (Å²) in [5, 5.41) is 20.1. The van der Waals surface area contributed by atoms with Gasteiger partial charge in [0, 0.05) is 0 Å². The van der Waals surface area contributed by atoms with E-state index in [0.29, 0.717) is 30.1 Å². The van der Waals surface area contributed by atoms with Crippen LogP contribution in [-0.2, 0) is 0 Å². The standard InChI is InChI=1S/C26H41F3O2/c1-16(5-10-22(30)26(27,28)29)19-8-9-20-18-7-6-17-15-23(2,31)13-14-24(17,3)21(18)11-12-25(19,20)4/h6,16,18-22,30-31H,5,7-15H2,1-4H3/t16-,18+,19-,20+,21?,22-,23+,24+,25-/m1/s1. The van der Waals surface area contributed by atoms with E-state index >= 15 is 0 Å². The van der Waals surface area contributed by atoms with Crippen LogP contribution < -0.4 is 0 Å². The minimum atomic E-state index is -4.51. The minimum absolute atomic E-state index is 0.182. The molecule has 0 aliphatic heterocycles. The van der Waals surface area contributed by atoms with Gasteiger partial charge in [-0.25, -0.2) is 0 Å². The van der Waals surface area contributed by atoms with Crippen LogP contribution in [0.2, 0.25) is 0 Å². The smallest absolute Gasteiger partial charge is 0.390 e. The normalized spacial score (nSPS) is 47.1. The summed E-state index contributed by atoms with van der Waals surface area (Å²) >= 11 is 0. The third-order valence-corrected chi connectivity index (χ3v) is 10.4. The highest BCUT2D eigenvalue weighted by Crippen LogP contribution is 2.67. The number of hydrogen-bond donors (Lipinski definition) is 2. The summed E-state index contributed by atoms with van der Waals surface area (Å²) in [5.74, 6) is 2.63. The van der Waals surface area contributed by atoms with Crippen molar-refractivity contribution in [2.45, 2.75) is 110 Å². The van der Waals surface area contributed by atoms with E-state index in [1.807, 2.05) is 6.92 Å². The van der Waals surface area contributed by atoms with Crippen molar-refractivity contribution in [3.63, 3.8) is 0 Å². The molecule has 3 fully saturated rings. The van der Waals surface area contributed by atoms with Crippen molar-refractivity contribution in [3.05, 3.63) is 11.6 Å². The first kappa shape index (κ1) is 23.6. The van der Waals surface area contributed by atoms with E-state index in [2.05, 4.69) is 26.8 Å². The van der Waals surface area contributed by atoms with Crippen LogP contribution in [0.5, 0.6) is 0 Å². The molecule has 1 unspecified atom stereocenters. The van der Waals surface area contributed by atoms with E-state index in [4.69, 9.17) is 0 Å². The number of rotatable bonds is 4. The topological polar surface area (TPSA) is 40.5 Å². The largest absolute Gasteiger partial charge is 0.414 e. The van der Waals surface area contributed by atoms with E-state index in [1.54, 1.807) is 0 Å². The molecule has 4 rings (SSSR count). The molecule has 5 heteroatoms. The zero-order chi connectivity index (χ0) is 22.8. The van der Waals surface area contributed by atoms with Crippen molar-refractivity contribution >= 4 is 0 Å². The molecule has 0 aromatic rings. The van der Waals surface area contributed by atoms with E-state index < -0.39 is 17.9 Å². The fourth-order valence-electron chi connectivity index (χ4n) is 8.57. The monoisotopic (exact) mass is 442 g/mol. The van der Waals surface area contributed by atoms with E-state index in [-0.39, 0.29) is 23.2 Å². The lowest BCUT2D eigenvalue weighted by molar-refractivity contribution is -0.206. The summed E-state index contributed by atoms with van der Waals surface area (Å²) in [7, 11) is 0. The summed E-state index contributed by atoms with van der Waals surface area (Å²) < 4.78 is 38.3. The van der Waals surface area contributed by atoms with Gasteiger partial charge in [0.1, 0.15) is 6.10 Å². The van der Waals surface area contributed by atoms with Gasteiger partial charge in [0.05, 0.1) is 5.60 Å². The van der Waals surface area contributed by atoms with Crippen molar-refractivity contribution in [1.29, 1.82) is 0 Å². The van der Waals surface area contributed by atoms with Crippen molar-refractivity contribution in [2.75, 3.05) is 0 Å². The van der Waals surface area contributed by atoms with Crippen molar-refractivity contribution in [3.8, 4) is 0 Å². The Balaban J connectivity index is 1.48. The molecule has 0 heterocycles. The van der Waals surface area contributed by atoms with Crippen molar-refractivity contribution in [2.24, 2.45) is 40.4 Å². The Bertz CT molecular complexity index is 714. The van der Waals surface area contributed by atoms with Crippen molar-refractivity contribution in [1.82, 2.24) is 0 Å². The predicted octanol–water partition coefficient (Wildman–Crippen LogP) is 6.66. The van der Waals surface area contributed by atoms with Gasteiger partial charge in [-0.3, -0.25) is 0 Å². The summed E-state index contributed by atoms with van der Waals surface area (Å²) in [5.41, 5.74) is 1.30. The molecular formula is C26H41F3O2. The Labute approximate surface area is 185 Å². The quantitative estimate of drug-likeness (QED) is 0.478. The van der Waals surface area contributed by atoms with Gasteiger partial charge in [0.15, 0.2) is 0 Å². The number of fused-ring (bicyclic) bond motifs is 5. The van der Waals surface area contributed by atoms with Gasteiger partial charge in [0.2, 0.25) is 0 Å². The maximum Gasteiger partial charge on any atom is 0.414 e. The molecule has 9 atom stereocenters. The molecule has 3 saturated carbocycles. The molecule has 0 aromatic heterocycles. The van der Waals surface area contributed by atoms with Crippen LogP contribution in [0.25, 0.3) is 0 Å². The third-order valence-electron chi connectivity index (χ3n) is 10.4. The van der Waals surface area contributed by atoms with E-state index in [9.17, 15) is 23.4 Å². The maximum absolute atomic E-state index is 12.8. The van der Waals surface area contributed by atoms with Crippen LogP contribution in [0.15, 0.2) is 11.6 Å². The number of hydrogen-bond acceptors (Lipinski definition) is 2. The highest BCUT2D eigenvalue weighted by Gasteiger charge is 2.59. The average molecular weight is 443 g/mol. The molecule has 0 amide bonds. The number of halogens is 3. The second-order valence-electron chi connectivity index (χ2n) is 12.3. The first-order chi connectivity index (χ1) is 14.3. The zero-order valence-corrected chi connectivity index (χ0v) is 19.6. The molecule has 0 spiro atoms. The Morgan fingerprint density at radius 3 is 2.42 bits per heavy atom. The second kappa shape index (κ2) is 7.75. The van der Waals surface area contributed by atoms with Gasteiger partial charge in [-0.05, 0) is 112 Å². The molecule has 2 N–H and O–H groups in total. The Morgan fingerprint density at radius 2 is 1.74 bits per heavy atom. The molecule has 0 radical (unpaired) electrons. The van der Waals surface area contributed by atoms with E-state index in [0.717, 1.165) is 38.5 Å². The lowest BCUT2D eigenvalue weighted by atomic mass is 9.46. The Morgan fingerprint density at radius 1 is 1.03 bits per heavy atom.